The van der Waals surface area contributed by atoms with E-state index in [-0.39, 0.29) is 30.8 Å². The molecule has 0 spiro atoms. The van der Waals surface area contributed by atoms with Crippen molar-refractivity contribution >= 4 is 17.9 Å². The van der Waals surface area contributed by atoms with Gasteiger partial charge in [-0.05, 0) is 5.92 Å². The van der Waals surface area contributed by atoms with E-state index < -0.39 is 11.9 Å². The molecule has 7 heteroatoms. The summed E-state index contributed by atoms with van der Waals surface area (Å²) in [6.45, 7) is 5.12. The summed E-state index contributed by atoms with van der Waals surface area (Å²) in [6, 6.07) is -0.242. The van der Waals surface area contributed by atoms with Gasteiger partial charge < -0.3 is 20.6 Å². The number of carboxylic acids is 1. The van der Waals surface area contributed by atoms with E-state index in [1.54, 1.807) is 4.90 Å². The third kappa shape index (κ3) is 4.76. The van der Waals surface area contributed by atoms with E-state index in [1.807, 2.05) is 13.8 Å². The van der Waals surface area contributed by atoms with Gasteiger partial charge in [0.25, 0.3) is 0 Å². The van der Waals surface area contributed by atoms with Crippen molar-refractivity contribution in [2.45, 2.75) is 20.3 Å². The van der Waals surface area contributed by atoms with Gasteiger partial charge in [-0.2, -0.15) is 0 Å². The highest BCUT2D eigenvalue weighted by molar-refractivity contribution is 5.83. The van der Waals surface area contributed by atoms with Gasteiger partial charge in [-0.1, -0.05) is 13.8 Å². The molecule has 1 saturated heterocycles. The van der Waals surface area contributed by atoms with Crippen LogP contribution in [0.15, 0.2) is 0 Å². The molecule has 1 rings (SSSR count). The van der Waals surface area contributed by atoms with Crippen LogP contribution in [0, 0.1) is 11.8 Å². The lowest BCUT2D eigenvalue weighted by molar-refractivity contribution is -0.139. The maximum Gasteiger partial charge on any atom is 0.320 e. The van der Waals surface area contributed by atoms with E-state index in [0.29, 0.717) is 19.6 Å². The van der Waals surface area contributed by atoms with Crippen LogP contribution in [-0.2, 0) is 9.59 Å². The molecule has 1 fully saturated rings. The fourth-order valence-electron chi connectivity index (χ4n) is 2.14. The number of carbonyl (C=O) groups excluding carboxylic acids is 2. The zero-order chi connectivity index (χ0) is 14.6. The maximum absolute atomic E-state index is 12.1. The molecule has 0 saturated carbocycles. The smallest absolute Gasteiger partial charge is 0.320 e. The summed E-state index contributed by atoms with van der Waals surface area (Å²) in [4.78, 5) is 36.6. The van der Waals surface area contributed by atoms with Gasteiger partial charge in [-0.15, -0.1) is 0 Å². The molecule has 0 aromatic heterocycles. The van der Waals surface area contributed by atoms with E-state index >= 15 is 0 Å². The Kier molecular flexibility index (Phi) is 5.14. The SMILES string of the molecule is CC(C)CN(CC(N)=O)C(=O)N1CC(CC(=O)O)C1. The minimum Gasteiger partial charge on any atom is -0.481 e. The van der Waals surface area contributed by atoms with Crippen molar-refractivity contribution in [3.05, 3.63) is 0 Å². The average Bonchev–Trinajstić information content (AvgIpc) is 2.19. The molecule has 0 bridgehead atoms. The zero-order valence-corrected chi connectivity index (χ0v) is 11.3. The minimum atomic E-state index is -0.853. The van der Waals surface area contributed by atoms with Crippen LogP contribution in [0.3, 0.4) is 0 Å². The molecule has 3 amide bonds. The predicted molar refractivity (Wildman–Crippen MR) is 68.3 cm³/mol. The fourth-order valence-corrected chi connectivity index (χ4v) is 2.14. The van der Waals surface area contributed by atoms with Crippen LogP contribution in [0.4, 0.5) is 4.79 Å². The van der Waals surface area contributed by atoms with Crippen LogP contribution < -0.4 is 5.73 Å². The lowest BCUT2D eigenvalue weighted by atomic mass is 9.97. The Morgan fingerprint density at radius 1 is 1.37 bits per heavy atom. The standard InChI is InChI=1S/C12H21N3O4/c1-8(2)4-14(7-10(13)16)12(19)15-5-9(6-15)3-11(17)18/h8-9H,3-7H2,1-2H3,(H2,13,16)(H,17,18). The molecule has 3 N–H and O–H groups in total. The Balaban J connectivity index is 2.49. The summed E-state index contributed by atoms with van der Waals surface area (Å²) in [5, 5.41) is 8.65. The topological polar surface area (TPSA) is 104 Å². The molecule has 0 radical (unpaired) electrons. The second kappa shape index (κ2) is 6.40. The van der Waals surface area contributed by atoms with E-state index in [1.165, 1.54) is 4.90 Å². The first-order valence-corrected chi connectivity index (χ1v) is 6.33. The third-order valence-electron chi connectivity index (χ3n) is 2.89. The Hall–Kier alpha value is -1.79. The third-order valence-corrected chi connectivity index (χ3v) is 2.89. The van der Waals surface area contributed by atoms with Crippen LogP contribution >= 0.6 is 0 Å². The number of primary amides is 1. The Morgan fingerprint density at radius 3 is 2.37 bits per heavy atom. The van der Waals surface area contributed by atoms with Crippen molar-refractivity contribution in [2.24, 2.45) is 17.6 Å². The molecule has 1 heterocycles. The molecular weight excluding hydrogens is 250 g/mol. The molecule has 1 aliphatic rings. The minimum absolute atomic E-state index is 0.0101. The summed E-state index contributed by atoms with van der Waals surface area (Å²) >= 11 is 0. The van der Waals surface area contributed by atoms with E-state index in [0.717, 1.165) is 0 Å². The van der Waals surface area contributed by atoms with Crippen LogP contribution in [0.1, 0.15) is 20.3 Å². The Morgan fingerprint density at radius 2 is 1.95 bits per heavy atom. The molecule has 1 aliphatic heterocycles. The van der Waals surface area contributed by atoms with Crippen LogP contribution in [0.25, 0.3) is 0 Å². The van der Waals surface area contributed by atoms with Crippen molar-refractivity contribution in [1.82, 2.24) is 9.80 Å². The quantitative estimate of drug-likeness (QED) is 0.707. The average molecular weight is 271 g/mol. The van der Waals surface area contributed by atoms with Crippen LogP contribution in [0.2, 0.25) is 0 Å². The molecule has 0 aromatic carbocycles. The largest absolute Gasteiger partial charge is 0.481 e. The number of aliphatic carboxylic acids is 1. The molecular formula is C12H21N3O4. The van der Waals surface area contributed by atoms with Gasteiger partial charge in [0.05, 0.1) is 6.42 Å². The van der Waals surface area contributed by atoms with Gasteiger partial charge >= 0.3 is 12.0 Å². The zero-order valence-electron chi connectivity index (χ0n) is 11.3. The summed E-state index contributed by atoms with van der Waals surface area (Å²) in [5.74, 6) is -1.15. The number of hydrogen-bond donors (Lipinski definition) is 2. The molecule has 0 aromatic rings. The first-order valence-electron chi connectivity index (χ1n) is 6.33. The summed E-state index contributed by atoms with van der Waals surface area (Å²) in [5.41, 5.74) is 5.13. The van der Waals surface area contributed by atoms with Crippen LogP contribution in [-0.4, -0.2) is 59.0 Å². The first kappa shape index (κ1) is 15.3. The summed E-state index contributed by atoms with van der Waals surface area (Å²) in [7, 11) is 0. The van der Waals surface area contributed by atoms with Gasteiger partial charge in [-0.3, -0.25) is 9.59 Å². The number of hydrogen-bond acceptors (Lipinski definition) is 3. The monoisotopic (exact) mass is 271 g/mol. The molecule has 0 unspecified atom stereocenters. The fraction of sp³-hybridized carbons (Fsp3) is 0.750. The van der Waals surface area contributed by atoms with Crippen LogP contribution in [0.5, 0.6) is 0 Å². The number of likely N-dealkylation sites (tertiary alicyclic amines) is 1. The van der Waals surface area contributed by atoms with E-state index in [2.05, 4.69) is 0 Å². The van der Waals surface area contributed by atoms with Crippen molar-refractivity contribution in [3.8, 4) is 0 Å². The van der Waals surface area contributed by atoms with Gasteiger partial charge in [0.2, 0.25) is 5.91 Å². The lowest BCUT2D eigenvalue weighted by Crippen LogP contribution is -2.56. The first-order chi connectivity index (χ1) is 8.79. The van der Waals surface area contributed by atoms with Crippen molar-refractivity contribution in [1.29, 1.82) is 0 Å². The van der Waals surface area contributed by atoms with Crippen molar-refractivity contribution in [3.63, 3.8) is 0 Å². The van der Waals surface area contributed by atoms with Gasteiger partial charge in [-0.25, -0.2) is 4.79 Å². The van der Waals surface area contributed by atoms with E-state index in [4.69, 9.17) is 10.8 Å². The number of nitrogens with two attached hydrogens (primary N) is 1. The van der Waals surface area contributed by atoms with Crippen molar-refractivity contribution in [2.75, 3.05) is 26.2 Å². The highest BCUT2D eigenvalue weighted by atomic mass is 16.4. The second-order valence-corrected chi connectivity index (χ2v) is 5.39. The number of carbonyl (C=O) groups is 3. The molecule has 0 atom stereocenters. The highest BCUT2D eigenvalue weighted by Crippen LogP contribution is 2.20. The number of carboxylic acid groups (broad SMARTS) is 1. The van der Waals surface area contributed by atoms with Gasteiger partial charge in [0.1, 0.15) is 6.54 Å². The molecule has 108 valence electrons. The number of amides is 3. The highest BCUT2D eigenvalue weighted by Gasteiger charge is 2.34. The normalized spacial score (nSPS) is 15.2. The molecule has 19 heavy (non-hydrogen) atoms. The van der Waals surface area contributed by atoms with Gasteiger partial charge in [0.15, 0.2) is 0 Å². The Labute approximate surface area is 112 Å². The summed E-state index contributed by atoms with van der Waals surface area (Å²) in [6.07, 6.45) is 0.0732. The summed E-state index contributed by atoms with van der Waals surface area (Å²) < 4.78 is 0. The lowest BCUT2D eigenvalue weighted by Gasteiger charge is -2.41. The number of nitrogens with zero attached hydrogens (tertiary/aromatic N) is 2. The van der Waals surface area contributed by atoms with Crippen molar-refractivity contribution < 1.29 is 19.5 Å². The maximum atomic E-state index is 12.1. The second-order valence-electron chi connectivity index (χ2n) is 5.39. The number of rotatable bonds is 6. The van der Waals surface area contributed by atoms with Gasteiger partial charge in [0, 0.05) is 25.6 Å². The predicted octanol–water partition coefficient (Wildman–Crippen LogP) is -0.0438. The molecule has 7 nitrogen and oxygen atoms in total. The Bertz CT molecular complexity index is 364. The van der Waals surface area contributed by atoms with E-state index in [9.17, 15) is 14.4 Å². The molecule has 0 aliphatic carbocycles. The number of urea groups is 1.